The van der Waals surface area contributed by atoms with E-state index in [0.717, 1.165) is 60.8 Å². The Hall–Kier alpha value is -2.90. The molecule has 1 aromatic carbocycles. The highest BCUT2D eigenvalue weighted by atomic mass is 19.1. The lowest BCUT2D eigenvalue weighted by Crippen LogP contribution is -2.39. The molecule has 1 saturated carbocycles. The van der Waals surface area contributed by atoms with Crippen LogP contribution in [-0.4, -0.2) is 35.7 Å². The largest absolute Gasteiger partial charge is 0.481 e. The third kappa shape index (κ3) is 5.92. The zero-order valence-electron chi connectivity index (χ0n) is 18.8. The maximum absolute atomic E-state index is 13.7. The Morgan fingerprint density at radius 1 is 1.15 bits per heavy atom. The minimum absolute atomic E-state index is 0.0559. The van der Waals surface area contributed by atoms with Crippen LogP contribution < -0.4 is 15.8 Å². The Morgan fingerprint density at radius 2 is 1.97 bits per heavy atom. The van der Waals surface area contributed by atoms with E-state index in [2.05, 4.69) is 15.3 Å². The first-order chi connectivity index (χ1) is 16.0. The fraction of sp³-hybridized carbons (Fsp3) is 0.385. The van der Waals surface area contributed by atoms with Gasteiger partial charge >= 0.3 is 0 Å². The summed E-state index contributed by atoms with van der Waals surface area (Å²) >= 11 is 0. The molecule has 174 valence electrons. The summed E-state index contributed by atoms with van der Waals surface area (Å²) < 4.78 is 32.2. The van der Waals surface area contributed by atoms with Gasteiger partial charge in [-0.3, -0.25) is 4.98 Å². The van der Waals surface area contributed by atoms with E-state index in [1.165, 1.54) is 6.07 Å². The third-order valence-corrected chi connectivity index (χ3v) is 6.46. The van der Waals surface area contributed by atoms with E-state index in [9.17, 15) is 8.78 Å². The minimum Gasteiger partial charge on any atom is -0.481 e. The van der Waals surface area contributed by atoms with Crippen molar-refractivity contribution in [2.45, 2.75) is 44.2 Å². The number of nitrogens with two attached hydrogens (primary N) is 1. The van der Waals surface area contributed by atoms with E-state index >= 15 is 0 Å². The standard InChI is InChI=1S/C26H30F2N4O/c1-33-25-11-10-24-26(32-25)19(12-14-31-24)16-23(29)17-4-7-21(8-5-17)30-13-2-3-18-15-20(27)6-9-22(18)28/h2-3,6,9-12,14-15,17,21,23,30H,4-5,7-8,13,16,29H2,1H3/t17-,21-,23-/m1/s1. The number of ether oxygens (including phenoxy) is 1. The fourth-order valence-corrected chi connectivity index (χ4v) is 4.57. The first-order valence-corrected chi connectivity index (χ1v) is 11.4. The quantitative estimate of drug-likeness (QED) is 0.521. The van der Waals surface area contributed by atoms with Crippen LogP contribution in [0.15, 0.2) is 48.7 Å². The van der Waals surface area contributed by atoms with Gasteiger partial charge in [-0.2, -0.15) is 0 Å². The fourth-order valence-electron chi connectivity index (χ4n) is 4.57. The molecule has 0 saturated heterocycles. The Morgan fingerprint density at radius 3 is 2.76 bits per heavy atom. The SMILES string of the molecule is COc1ccc2nccc(C[C@@H](N)[C@H]3CC[C@H](NCC=Cc4cc(F)ccc4F)CC3)c2n1. The molecule has 33 heavy (non-hydrogen) atoms. The number of fused-ring (bicyclic) bond motifs is 1. The topological polar surface area (TPSA) is 73.1 Å². The Balaban J connectivity index is 1.27. The van der Waals surface area contributed by atoms with Crippen molar-refractivity contribution in [1.29, 1.82) is 0 Å². The van der Waals surface area contributed by atoms with Crippen LogP contribution in [0, 0.1) is 17.6 Å². The zero-order valence-corrected chi connectivity index (χ0v) is 18.8. The lowest BCUT2D eigenvalue weighted by molar-refractivity contribution is 0.261. The van der Waals surface area contributed by atoms with Crippen molar-refractivity contribution in [3.8, 4) is 5.88 Å². The Kier molecular flexibility index (Phi) is 7.62. The summed E-state index contributed by atoms with van der Waals surface area (Å²) in [5, 5.41) is 3.50. The van der Waals surface area contributed by atoms with Crippen LogP contribution in [-0.2, 0) is 6.42 Å². The van der Waals surface area contributed by atoms with Gasteiger partial charge in [0.1, 0.15) is 11.6 Å². The second kappa shape index (κ2) is 10.8. The summed E-state index contributed by atoms with van der Waals surface area (Å²) in [6.45, 7) is 0.619. The van der Waals surface area contributed by atoms with Crippen molar-refractivity contribution in [1.82, 2.24) is 15.3 Å². The summed E-state index contributed by atoms with van der Waals surface area (Å²) in [6.07, 6.45) is 10.2. The predicted octanol–water partition coefficient (Wildman–Crippen LogP) is 4.65. The molecule has 0 aliphatic heterocycles. The molecule has 4 rings (SSSR count). The maximum Gasteiger partial charge on any atom is 0.213 e. The molecule has 0 spiro atoms. The monoisotopic (exact) mass is 452 g/mol. The van der Waals surface area contributed by atoms with E-state index in [4.69, 9.17) is 10.5 Å². The van der Waals surface area contributed by atoms with Crippen molar-refractivity contribution >= 4 is 17.1 Å². The van der Waals surface area contributed by atoms with E-state index in [1.807, 2.05) is 30.5 Å². The molecule has 0 unspecified atom stereocenters. The number of nitrogens with one attached hydrogen (secondary N) is 1. The molecule has 0 amide bonds. The summed E-state index contributed by atoms with van der Waals surface area (Å²) in [5.41, 5.74) is 9.69. The molecule has 1 atom stereocenters. The molecule has 2 aromatic heterocycles. The van der Waals surface area contributed by atoms with Crippen LogP contribution in [0.3, 0.4) is 0 Å². The third-order valence-electron chi connectivity index (χ3n) is 6.46. The van der Waals surface area contributed by atoms with Crippen LogP contribution in [0.25, 0.3) is 17.1 Å². The summed E-state index contributed by atoms with van der Waals surface area (Å²) in [7, 11) is 1.61. The molecular weight excluding hydrogens is 422 g/mol. The lowest BCUT2D eigenvalue weighted by atomic mass is 9.80. The van der Waals surface area contributed by atoms with Crippen molar-refractivity contribution in [2.75, 3.05) is 13.7 Å². The molecule has 7 heteroatoms. The number of hydrogen-bond donors (Lipinski definition) is 2. The highest BCUT2D eigenvalue weighted by Gasteiger charge is 2.26. The number of rotatable bonds is 8. The van der Waals surface area contributed by atoms with Crippen LogP contribution in [0.4, 0.5) is 8.78 Å². The maximum atomic E-state index is 13.7. The molecule has 2 heterocycles. The van der Waals surface area contributed by atoms with Crippen LogP contribution in [0.5, 0.6) is 5.88 Å². The van der Waals surface area contributed by atoms with Gasteiger partial charge in [-0.15, -0.1) is 0 Å². The predicted molar refractivity (Wildman–Crippen MR) is 127 cm³/mol. The highest BCUT2D eigenvalue weighted by molar-refractivity contribution is 5.78. The van der Waals surface area contributed by atoms with E-state index in [-0.39, 0.29) is 11.6 Å². The summed E-state index contributed by atoms with van der Waals surface area (Å²) in [4.78, 5) is 8.98. The smallest absolute Gasteiger partial charge is 0.213 e. The average molecular weight is 453 g/mol. The number of nitrogens with zero attached hydrogens (tertiary/aromatic N) is 2. The van der Waals surface area contributed by atoms with Gasteiger partial charge in [-0.1, -0.05) is 12.2 Å². The summed E-state index contributed by atoms with van der Waals surface area (Å²) in [5.74, 6) is 0.172. The van der Waals surface area contributed by atoms with E-state index < -0.39 is 11.6 Å². The minimum atomic E-state index is -0.437. The highest BCUT2D eigenvalue weighted by Crippen LogP contribution is 2.29. The van der Waals surface area contributed by atoms with Crippen LogP contribution in [0.2, 0.25) is 0 Å². The van der Waals surface area contributed by atoms with Crippen LogP contribution in [0.1, 0.15) is 36.8 Å². The van der Waals surface area contributed by atoms with Crippen LogP contribution >= 0.6 is 0 Å². The number of halogens is 2. The number of benzene rings is 1. The summed E-state index contributed by atoms with van der Waals surface area (Å²) in [6, 6.07) is 9.67. The zero-order chi connectivity index (χ0) is 23.2. The van der Waals surface area contributed by atoms with Gasteiger partial charge in [0.05, 0.1) is 18.1 Å². The number of methoxy groups -OCH3 is 1. The molecule has 1 aliphatic carbocycles. The molecule has 0 bridgehead atoms. The number of hydrogen-bond acceptors (Lipinski definition) is 5. The average Bonchev–Trinajstić information content (AvgIpc) is 2.84. The van der Waals surface area contributed by atoms with E-state index in [1.54, 1.807) is 13.2 Å². The molecule has 1 fully saturated rings. The van der Waals surface area contributed by atoms with Crippen molar-refractivity contribution in [2.24, 2.45) is 11.7 Å². The lowest BCUT2D eigenvalue weighted by Gasteiger charge is -2.32. The molecular formula is C26H30F2N4O. The molecule has 3 aromatic rings. The molecule has 5 nitrogen and oxygen atoms in total. The van der Waals surface area contributed by atoms with Gasteiger partial charge in [-0.05, 0) is 73.9 Å². The van der Waals surface area contributed by atoms with Crippen molar-refractivity contribution < 1.29 is 13.5 Å². The van der Waals surface area contributed by atoms with Gasteiger partial charge < -0.3 is 15.8 Å². The first-order valence-electron chi connectivity index (χ1n) is 11.4. The normalized spacial score (nSPS) is 19.8. The Labute approximate surface area is 193 Å². The molecule has 0 radical (unpaired) electrons. The number of pyridine rings is 2. The second-order valence-electron chi connectivity index (χ2n) is 8.65. The van der Waals surface area contributed by atoms with Gasteiger partial charge in [-0.25, -0.2) is 13.8 Å². The van der Waals surface area contributed by atoms with E-state index in [0.29, 0.717) is 24.4 Å². The van der Waals surface area contributed by atoms with Crippen molar-refractivity contribution in [3.63, 3.8) is 0 Å². The van der Waals surface area contributed by atoms with Gasteiger partial charge in [0.15, 0.2) is 0 Å². The van der Waals surface area contributed by atoms with Gasteiger partial charge in [0.25, 0.3) is 0 Å². The Bertz CT molecular complexity index is 1110. The van der Waals surface area contributed by atoms with Crippen molar-refractivity contribution in [3.05, 3.63) is 71.4 Å². The second-order valence-corrected chi connectivity index (χ2v) is 8.65. The number of aromatic nitrogens is 2. The molecule has 3 N–H and O–H groups in total. The van der Waals surface area contributed by atoms with Gasteiger partial charge in [0, 0.05) is 36.5 Å². The first kappa shape index (κ1) is 23.3. The molecule has 1 aliphatic rings. The van der Waals surface area contributed by atoms with Gasteiger partial charge in [0.2, 0.25) is 5.88 Å².